The van der Waals surface area contributed by atoms with Crippen LogP contribution < -0.4 is 10.2 Å². The van der Waals surface area contributed by atoms with Crippen molar-refractivity contribution in [2.24, 2.45) is 0 Å². The number of anilines is 2. The van der Waals surface area contributed by atoms with E-state index in [-0.39, 0.29) is 5.54 Å². The molecule has 128 valence electrons. The van der Waals surface area contributed by atoms with Crippen LogP contribution in [0.4, 0.5) is 11.8 Å². The first kappa shape index (κ1) is 15.9. The molecule has 0 spiro atoms. The number of benzene rings is 2. The number of hydrogen-bond donors (Lipinski definition) is 1. The van der Waals surface area contributed by atoms with Crippen molar-refractivity contribution in [1.82, 2.24) is 9.97 Å². The minimum absolute atomic E-state index is 0.222. The monoisotopic (exact) mass is 332 g/mol. The van der Waals surface area contributed by atoms with Crippen LogP contribution in [0.2, 0.25) is 0 Å². The molecule has 0 bridgehead atoms. The van der Waals surface area contributed by atoms with E-state index in [9.17, 15) is 0 Å². The molecule has 0 saturated carbocycles. The molecule has 4 heteroatoms. The molecule has 0 unspecified atom stereocenters. The fourth-order valence-corrected chi connectivity index (χ4v) is 3.44. The largest absolute Gasteiger partial charge is 0.360 e. The molecule has 1 aliphatic heterocycles. The Labute approximate surface area is 148 Å². The second kappa shape index (κ2) is 6.36. The number of fused-ring (bicyclic) bond motifs is 1. The second-order valence-corrected chi connectivity index (χ2v) is 7.20. The summed E-state index contributed by atoms with van der Waals surface area (Å²) in [5, 5.41) is 4.73. The van der Waals surface area contributed by atoms with E-state index in [0.717, 1.165) is 35.8 Å². The number of rotatable bonds is 4. The SMILES string of the molecule is CC(C)(Nc1nc(N2CCCC2)nc2ccccc12)c1ccccc1. The molecule has 0 radical (unpaired) electrons. The highest BCUT2D eigenvalue weighted by Gasteiger charge is 2.23. The van der Waals surface area contributed by atoms with Gasteiger partial charge in [-0.05, 0) is 44.4 Å². The van der Waals surface area contributed by atoms with E-state index in [1.54, 1.807) is 0 Å². The third kappa shape index (κ3) is 3.16. The quantitative estimate of drug-likeness (QED) is 0.759. The normalized spacial score (nSPS) is 14.9. The lowest BCUT2D eigenvalue weighted by atomic mass is 9.94. The summed E-state index contributed by atoms with van der Waals surface area (Å²) in [6, 6.07) is 18.7. The van der Waals surface area contributed by atoms with Crippen molar-refractivity contribution in [3.8, 4) is 0 Å². The lowest BCUT2D eigenvalue weighted by Gasteiger charge is -2.29. The maximum absolute atomic E-state index is 4.90. The molecule has 3 aromatic rings. The smallest absolute Gasteiger partial charge is 0.227 e. The summed E-state index contributed by atoms with van der Waals surface area (Å²) in [4.78, 5) is 12.0. The molecule has 2 heterocycles. The second-order valence-electron chi connectivity index (χ2n) is 7.20. The predicted molar refractivity (Wildman–Crippen MR) is 104 cm³/mol. The highest BCUT2D eigenvalue weighted by Crippen LogP contribution is 2.30. The summed E-state index contributed by atoms with van der Waals surface area (Å²) in [5.41, 5.74) is 2.01. The first-order valence-corrected chi connectivity index (χ1v) is 8.99. The summed E-state index contributed by atoms with van der Waals surface area (Å²) in [7, 11) is 0. The van der Waals surface area contributed by atoms with Gasteiger partial charge in [0, 0.05) is 18.5 Å². The van der Waals surface area contributed by atoms with Crippen LogP contribution in [-0.2, 0) is 5.54 Å². The van der Waals surface area contributed by atoms with Gasteiger partial charge in [-0.15, -0.1) is 0 Å². The zero-order chi connectivity index (χ0) is 17.3. The average Bonchev–Trinajstić information content (AvgIpc) is 3.17. The maximum Gasteiger partial charge on any atom is 0.227 e. The average molecular weight is 332 g/mol. The van der Waals surface area contributed by atoms with Gasteiger partial charge >= 0.3 is 0 Å². The molecular formula is C21H24N4. The van der Waals surface area contributed by atoms with Gasteiger partial charge in [-0.2, -0.15) is 4.98 Å². The van der Waals surface area contributed by atoms with Crippen molar-refractivity contribution in [3.63, 3.8) is 0 Å². The minimum Gasteiger partial charge on any atom is -0.360 e. The first-order chi connectivity index (χ1) is 12.1. The summed E-state index contributed by atoms with van der Waals surface area (Å²) < 4.78 is 0. The van der Waals surface area contributed by atoms with Crippen LogP contribution in [-0.4, -0.2) is 23.1 Å². The molecule has 25 heavy (non-hydrogen) atoms. The van der Waals surface area contributed by atoms with Gasteiger partial charge in [0.2, 0.25) is 5.95 Å². The Morgan fingerprint density at radius 2 is 1.56 bits per heavy atom. The summed E-state index contributed by atoms with van der Waals surface area (Å²) in [6.07, 6.45) is 2.43. The predicted octanol–water partition coefficient (Wildman–Crippen LogP) is 4.58. The Kier molecular flexibility index (Phi) is 4.04. The van der Waals surface area contributed by atoms with Gasteiger partial charge in [0.05, 0.1) is 11.1 Å². The third-order valence-electron chi connectivity index (χ3n) is 4.91. The van der Waals surface area contributed by atoms with E-state index in [4.69, 9.17) is 9.97 Å². The molecule has 4 nitrogen and oxygen atoms in total. The fourth-order valence-electron chi connectivity index (χ4n) is 3.44. The molecule has 1 N–H and O–H groups in total. The Hall–Kier alpha value is -2.62. The number of nitrogens with zero attached hydrogens (tertiary/aromatic N) is 3. The van der Waals surface area contributed by atoms with Crippen LogP contribution in [0.1, 0.15) is 32.3 Å². The molecule has 0 atom stereocenters. The fraction of sp³-hybridized carbons (Fsp3) is 0.333. The van der Waals surface area contributed by atoms with Crippen LogP contribution >= 0.6 is 0 Å². The summed E-state index contributed by atoms with van der Waals surface area (Å²) >= 11 is 0. The van der Waals surface area contributed by atoms with Gasteiger partial charge in [-0.25, -0.2) is 4.98 Å². The molecule has 1 aliphatic rings. The molecule has 0 aliphatic carbocycles. The summed E-state index contributed by atoms with van der Waals surface area (Å²) in [5.74, 6) is 1.74. The van der Waals surface area contributed by atoms with Crippen LogP contribution in [0.25, 0.3) is 10.9 Å². The van der Waals surface area contributed by atoms with Crippen molar-refractivity contribution < 1.29 is 0 Å². The molecule has 1 saturated heterocycles. The highest BCUT2D eigenvalue weighted by atomic mass is 15.3. The molecule has 2 aromatic carbocycles. The highest BCUT2D eigenvalue weighted by molar-refractivity contribution is 5.90. The zero-order valence-corrected chi connectivity index (χ0v) is 14.9. The van der Waals surface area contributed by atoms with Crippen LogP contribution in [0.3, 0.4) is 0 Å². The van der Waals surface area contributed by atoms with Crippen LogP contribution in [0.5, 0.6) is 0 Å². The molecule has 1 aromatic heterocycles. The Morgan fingerprint density at radius 1 is 0.880 bits per heavy atom. The summed E-state index contributed by atoms with van der Waals surface area (Å²) in [6.45, 7) is 6.46. The minimum atomic E-state index is -0.222. The van der Waals surface area contributed by atoms with Gasteiger partial charge in [0.15, 0.2) is 0 Å². The maximum atomic E-state index is 4.90. The number of hydrogen-bond acceptors (Lipinski definition) is 4. The number of aromatic nitrogens is 2. The Bertz CT molecular complexity index is 867. The molecular weight excluding hydrogens is 308 g/mol. The van der Waals surface area contributed by atoms with Crippen molar-refractivity contribution in [3.05, 3.63) is 60.2 Å². The zero-order valence-electron chi connectivity index (χ0n) is 14.9. The first-order valence-electron chi connectivity index (χ1n) is 8.99. The number of nitrogens with one attached hydrogen (secondary N) is 1. The Balaban J connectivity index is 1.77. The van der Waals surface area contributed by atoms with Crippen LogP contribution in [0.15, 0.2) is 54.6 Å². The van der Waals surface area contributed by atoms with Crippen molar-refractivity contribution >= 4 is 22.7 Å². The van der Waals surface area contributed by atoms with Crippen molar-refractivity contribution in [2.75, 3.05) is 23.3 Å². The van der Waals surface area contributed by atoms with E-state index in [1.807, 2.05) is 18.2 Å². The van der Waals surface area contributed by atoms with Gasteiger partial charge in [0.1, 0.15) is 5.82 Å². The van der Waals surface area contributed by atoms with Crippen LogP contribution in [0, 0.1) is 0 Å². The van der Waals surface area contributed by atoms with E-state index in [2.05, 4.69) is 60.5 Å². The van der Waals surface area contributed by atoms with Gasteiger partial charge in [-0.3, -0.25) is 0 Å². The standard InChI is InChI=1S/C21H24N4/c1-21(2,16-10-4-3-5-11-16)24-19-17-12-6-7-13-18(17)22-20(23-19)25-14-8-9-15-25/h3-7,10-13H,8-9,14-15H2,1-2H3,(H,22,23,24). The topological polar surface area (TPSA) is 41.1 Å². The van der Waals surface area contributed by atoms with Gasteiger partial charge in [0.25, 0.3) is 0 Å². The number of para-hydroxylation sites is 1. The lowest BCUT2D eigenvalue weighted by Crippen LogP contribution is -2.29. The van der Waals surface area contributed by atoms with E-state index in [0.29, 0.717) is 0 Å². The van der Waals surface area contributed by atoms with E-state index >= 15 is 0 Å². The van der Waals surface area contributed by atoms with Gasteiger partial charge in [-0.1, -0.05) is 42.5 Å². The van der Waals surface area contributed by atoms with E-state index in [1.165, 1.54) is 18.4 Å². The molecule has 4 rings (SSSR count). The Morgan fingerprint density at radius 3 is 2.32 bits per heavy atom. The molecule has 0 amide bonds. The molecule has 1 fully saturated rings. The lowest BCUT2D eigenvalue weighted by molar-refractivity contribution is 0.607. The third-order valence-corrected chi connectivity index (χ3v) is 4.91. The van der Waals surface area contributed by atoms with Gasteiger partial charge < -0.3 is 10.2 Å². The van der Waals surface area contributed by atoms with E-state index < -0.39 is 0 Å². The van der Waals surface area contributed by atoms with Crippen molar-refractivity contribution in [1.29, 1.82) is 0 Å². The van der Waals surface area contributed by atoms with Crippen molar-refractivity contribution in [2.45, 2.75) is 32.2 Å².